The van der Waals surface area contributed by atoms with Crippen molar-refractivity contribution in [2.75, 3.05) is 24.6 Å². The molecule has 1 aliphatic carbocycles. The predicted molar refractivity (Wildman–Crippen MR) is 67.6 cm³/mol. The molecule has 17 heavy (non-hydrogen) atoms. The molecule has 0 aromatic carbocycles. The second-order valence-electron chi connectivity index (χ2n) is 4.43. The zero-order valence-electron chi connectivity index (χ0n) is 10.4. The van der Waals surface area contributed by atoms with E-state index in [1.807, 2.05) is 0 Å². The van der Waals surface area contributed by atoms with Crippen LogP contribution in [0.2, 0.25) is 0 Å². The Labute approximate surface area is 103 Å². The highest BCUT2D eigenvalue weighted by atomic mass is 32.2. The van der Waals surface area contributed by atoms with E-state index in [1.54, 1.807) is 6.92 Å². The van der Waals surface area contributed by atoms with Crippen molar-refractivity contribution in [1.29, 1.82) is 0 Å². The normalized spacial score (nSPS) is 15.8. The summed E-state index contributed by atoms with van der Waals surface area (Å²) < 4.78 is 22.4. The summed E-state index contributed by atoms with van der Waals surface area (Å²) >= 11 is 0. The number of carbonyl (C=O) groups is 1. The van der Waals surface area contributed by atoms with E-state index in [1.165, 1.54) is 0 Å². The van der Waals surface area contributed by atoms with Crippen molar-refractivity contribution >= 4 is 15.7 Å². The van der Waals surface area contributed by atoms with Crippen molar-refractivity contribution in [2.24, 2.45) is 0 Å². The average molecular weight is 262 g/mol. The first-order chi connectivity index (χ1) is 8.03. The molecule has 0 spiro atoms. The topological polar surface area (TPSA) is 75.3 Å². The van der Waals surface area contributed by atoms with Crippen LogP contribution in [0.25, 0.3) is 0 Å². The molecule has 0 aromatic heterocycles. The van der Waals surface area contributed by atoms with Gasteiger partial charge < -0.3 is 10.6 Å². The molecule has 0 heterocycles. The Morgan fingerprint density at radius 1 is 1.29 bits per heavy atom. The SMILES string of the molecule is CCS(=O)(=O)CCCNCCC(=O)NC1CC1. The molecule has 1 rings (SSSR count). The van der Waals surface area contributed by atoms with E-state index < -0.39 is 9.84 Å². The molecule has 2 N–H and O–H groups in total. The number of hydrogen-bond acceptors (Lipinski definition) is 4. The molecule has 1 saturated carbocycles. The van der Waals surface area contributed by atoms with E-state index in [4.69, 9.17) is 0 Å². The van der Waals surface area contributed by atoms with Crippen molar-refractivity contribution < 1.29 is 13.2 Å². The minimum atomic E-state index is -2.85. The van der Waals surface area contributed by atoms with Gasteiger partial charge in [-0.2, -0.15) is 0 Å². The highest BCUT2D eigenvalue weighted by Crippen LogP contribution is 2.18. The van der Waals surface area contributed by atoms with Crippen LogP contribution >= 0.6 is 0 Å². The molecule has 0 radical (unpaired) electrons. The van der Waals surface area contributed by atoms with Crippen molar-refractivity contribution in [3.63, 3.8) is 0 Å². The number of sulfone groups is 1. The first-order valence-corrected chi connectivity index (χ1v) is 8.06. The average Bonchev–Trinajstić information content (AvgIpc) is 3.07. The molecule has 0 aliphatic heterocycles. The number of carbonyl (C=O) groups excluding carboxylic acids is 1. The molecule has 0 atom stereocenters. The van der Waals surface area contributed by atoms with Gasteiger partial charge in [0, 0.05) is 24.8 Å². The van der Waals surface area contributed by atoms with E-state index in [0.717, 1.165) is 12.8 Å². The lowest BCUT2D eigenvalue weighted by atomic mass is 10.3. The predicted octanol–water partition coefficient (Wildman–Crippen LogP) is 0.0695. The lowest BCUT2D eigenvalue weighted by Gasteiger charge is -2.05. The van der Waals surface area contributed by atoms with Crippen molar-refractivity contribution in [1.82, 2.24) is 10.6 Å². The fourth-order valence-corrected chi connectivity index (χ4v) is 2.29. The van der Waals surface area contributed by atoms with E-state index in [0.29, 0.717) is 32.0 Å². The van der Waals surface area contributed by atoms with Crippen LogP contribution in [-0.4, -0.2) is 45.0 Å². The first kappa shape index (κ1) is 14.4. The second kappa shape index (κ2) is 6.96. The van der Waals surface area contributed by atoms with Crippen molar-refractivity contribution in [2.45, 2.75) is 38.6 Å². The molecule has 0 unspecified atom stereocenters. The van der Waals surface area contributed by atoms with Crippen LogP contribution in [0.5, 0.6) is 0 Å². The summed E-state index contributed by atoms with van der Waals surface area (Å²) in [6, 6.07) is 0.414. The van der Waals surface area contributed by atoms with Crippen molar-refractivity contribution in [3.05, 3.63) is 0 Å². The molecule has 100 valence electrons. The van der Waals surface area contributed by atoms with Gasteiger partial charge in [0.2, 0.25) is 5.91 Å². The number of hydrogen-bond donors (Lipinski definition) is 2. The molecule has 6 heteroatoms. The van der Waals surface area contributed by atoms with E-state index in [9.17, 15) is 13.2 Å². The highest BCUT2D eigenvalue weighted by Gasteiger charge is 2.22. The maximum absolute atomic E-state index is 11.3. The summed E-state index contributed by atoms with van der Waals surface area (Å²) in [6.07, 6.45) is 3.29. The Morgan fingerprint density at radius 3 is 2.59 bits per heavy atom. The van der Waals surface area contributed by atoms with Gasteiger partial charge in [-0.05, 0) is 25.8 Å². The zero-order chi connectivity index (χ0) is 12.7. The van der Waals surface area contributed by atoms with Gasteiger partial charge in [0.15, 0.2) is 0 Å². The van der Waals surface area contributed by atoms with E-state index in [2.05, 4.69) is 10.6 Å². The summed E-state index contributed by atoms with van der Waals surface area (Å²) in [5.74, 6) is 0.517. The van der Waals surface area contributed by atoms with Gasteiger partial charge >= 0.3 is 0 Å². The fourth-order valence-electron chi connectivity index (χ4n) is 1.42. The highest BCUT2D eigenvalue weighted by molar-refractivity contribution is 7.91. The fraction of sp³-hybridized carbons (Fsp3) is 0.909. The summed E-state index contributed by atoms with van der Waals surface area (Å²) in [5.41, 5.74) is 0. The maximum Gasteiger partial charge on any atom is 0.221 e. The molecule has 1 aliphatic rings. The quantitative estimate of drug-likeness (QED) is 0.577. The molecule has 0 bridgehead atoms. The van der Waals surface area contributed by atoms with Gasteiger partial charge in [-0.3, -0.25) is 4.79 Å². The Balaban J connectivity index is 1.91. The monoisotopic (exact) mass is 262 g/mol. The molecule has 0 saturated heterocycles. The van der Waals surface area contributed by atoms with Crippen LogP contribution in [0.4, 0.5) is 0 Å². The van der Waals surface area contributed by atoms with Crippen molar-refractivity contribution in [3.8, 4) is 0 Å². The van der Waals surface area contributed by atoms with Crippen LogP contribution in [0, 0.1) is 0 Å². The minimum absolute atomic E-state index is 0.0844. The van der Waals surface area contributed by atoms with E-state index >= 15 is 0 Å². The van der Waals surface area contributed by atoms with Crippen LogP contribution in [0.3, 0.4) is 0 Å². The third-order valence-corrected chi connectivity index (χ3v) is 4.51. The molecule has 5 nitrogen and oxygen atoms in total. The Bertz CT molecular complexity index is 337. The number of amides is 1. The minimum Gasteiger partial charge on any atom is -0.353 e. The summed E-state index contributed by atoms with van der Waals surface area (Å²) in [6.45, 7) is 2.92. The lowest BCUT2D eigenvalue weighted by Crippen LogP contribution is -2.29. The zero-order valence-corrected chi connectivity index (χ0v) is 11.2. The lowest BCUT2D eigenvalue weighted by molar-refractivity contribution is -0.121. The smallest absolute Gasteiger partial charge is 0.221 e. The molecular weight excluding hydrogens is 240 g/mol. The van der Waals surface area contributed by atoms with Crippen LogP contribution in [-0.2, 0) is 14.6 Å². The van der Waals surface area contributed by atoms with Crippen LogP contribution in [0.1, 0.15) is 32.6 Å². The van der Waals surface area contributed by atoms with Crippen LogP contribution < -0.4 is 10.6 Å². The summed E-state index contributed by atoms with van der Waals surface area (Å²) in [4.78, 5) is 11.3. The Morgan fingerprint density at radius 2 is 2.00 bits per heavy atom. The number of rotatable bonds is 9. The Hall–Kier alpha value is -0.620. The molecule has 1 fully saturated rings. The Kier molecular flexibility index (Phi) is 5.91. The molecule has 1 amide bonds. The van der Waals surface area contributed by atoms with Gasteiger partial charge in [-0.25, -0.2) is 8.42 Å². The third-order valence-electron chi connectivity index (χ3n) is 2.72. The third kappa shape index (κ3) is 7.33. The summed E-state index contributed by atoms with van der Waals surface area (Å²) in [5, 5.41) is 5.98. The number of nitrogens with one attached hydrogen (secondary N) is 2. The summed E-state index contributed by atoms with van der Waals surface area (Å²) in [7, 11) is -2.85. The van der Waals surface area contributed by atoms with Gasteiger partial charge in [-0.1, -0.05) is 6.92 Å². The largest absolute Gasteiger partial charge is 0.353 e. The second-order valence-corrected chi connectivity index (χ2v) is 6.90. The molecular formula is C11H22N2O3S. The molecule has 0 aromatic rings. The van der Waals surface area contributed by atoms with E-state index in [-0.39, 0.29) is 17.4 Å². The first-order valence-electron chi connectivity index (χ1n) is 6.24. The van der Waals surface area contributed by atoms with Gasteiger partial charge in [-0.15, -0.1) is 0 Å². The van der Waals surface area contributed by atoms with Gasteiger partial charge in [0.05, 0.1) is 5.75 Å². The van der Waals surface area contributed by atoms with Crippen LogP contribution in [0.15, 0.2) is 0 Å². The maximum atomic E-state index is 11.3. The standard InChI is InChI=1S/C11H22N2O3S/c1-2-17(15,16)9-3-7-12-8-6-11(14)13-10-4-5-10/h10,12H,2-9H2,1H3,(H,13,14). The van der Waals surface area contributed by atoms with Gasteiger partial charge in [0.1, 0.15) is 9.84 Å². The van der Waals surface area contributed by atoms with Gasteiger partial charge in [0.25, 0.3) is 0 Å².